The molecule has 0 aliphatic heterocycles. The molecule has 16 heavy (non-hydrogen) atoms. The average Bonchev–Trinajstić information content (AvgIpc) is 2.22. The van der Waals surface area contributed by atoms with E-state index in [-0.39, 0.29) is 6.42 Å². The Hall–Kier alpha value is -1.32. The van der Waals surface area contributed by atoms with Crippen LogP contribution in [0.15, 0.2) is 0 Å². The maximum Gasteiger partial charge on any atom is 0.324 e. The molecule has 0 radical (unpaired) electrons. The van der Waals surface area contributed by atoms with Crippen LogP contribution in [0, 0.1) is 17.2 Å². The van der Waals surface area contributed by atoms with Crippen LogP contribution in [0.5, 0.6) is 0 Å². The van der Waals surface area contributed by atoms with Crippen molar-refractivity contribution < 1.29 is 22.4 Å². The lowest BCUT2D eigenvalue weighted by Crippen LogP contribution is -2.43. The Morgan fingerprint density at radius 2 is 2.06 bits per heavy atom. The molecular weight excluding hydrogens is 228 g/mol. The van der Waals surface area contributed by atoms with Gasteiger partial charge < -0.3 is 5.32 Å². The van der Waals surface area contributed by atoms with Crippen molar-refractivity contribution in [2.24, 2.45) is 5.92 Å². The molecular formula is C9H12F4N2O. The summed E-state index contributed by atoms with van der Waals surface area (Å²) < 4.78 is 48.3. The third-order valence-corrected chi connectivity index (χ3v) is 1.87. The highest BCUT2D eigenvalue weighted by molar-refractivity contribution is 5.81. The summed E-state index contributed by atoms with van der Waals surface area (Å²) in [5.74, 6) is -6.27. The maximum atomic E-state index is 12.4. The van der Waals surface area contributed by atoms with Crippen LogP contribution in [0.1, 0.15) is 19.8 Å². The number of nitrogens with one attached hydrogen (secondary N) is 1. The van der Waals surface area contributed by atoms with Crippen molar-refractivity contribution in [3.05, 3.63) is 0 Å². The monoisotopic (exact) mass is 240 g/mol. The van der Waals surface area contributed by atoms with Crippen LogP contribution in [-0.4, -0.2) is 24.8 Å². The molecule has 0 aromatic heterocycles. The van der Waals surface area contributed by atoms with E-state index in [2.05, 4.69) is 0 Å². The number of rotatable bonds is 6. The van der Waals surface area contributed by atoms with Gasteiger partial charge in [0.25, 0.3) is 0 Å². The number of carbonyl (C=O) groups excluding carboxylic acids is 1. The van der Waals surface area contributed by atoms with Gasteiger partial charge in [-0.3, -0.25) is 4.79 Å². The van der Waals surface area contributed by atoms with E-state index in [4.69, 9.17) is 5.26 Å². The van der Waals surface area contributed by atoms with Crippen LogP contribution in [0.25, 0.3) is 0 Å². The summed E-state index contributed by atoms with van der Waals surface area (Å²) in [5.41, 5.74) is 0. The summed E-state index contributed by atoms with van der Waals surface area (Å²) in [6.45, 7) is 0.261. The second kappa shape index (κ2) is 6.30. The number of carbonyl (C=O) groups is 1. The van der Waals surface area contributed by atoms with E-state index in [0.717, 1.165) is 0 Å². The molecule has 0 saturated carbocycles. The number of amides is 1. The minimum Gasteiger partial charge on any atom is -0.349 e. The van der Waals surface area contributed by atoms with E-state index in [9.17, 15) is 22.4 Å². The number of halogens is 4. The molecule has 1 N–H and O–H groups in total. The number of hydrogen-bond donors (Lipinski definition) is 1. The van der Waals surface area contributed by atoms with Gasteiger partial charge in [0.05, 0.1) is 12.6 Å². The average molecular weight is 240 g/mol. The van der Waals surface area contributed by atoms with Crippen molar-refractivity contribution in [3.8, 4) is 6.07 Å². The van der Waals surface area contributed by atoms with Crippen LogP contribution in [0.2, 0.25) is 0 Å². The van der Waals surface area contributed by atoms with Gasteiger partial charge in [-0.05, 0) is 6.42 Å². The van der Waals surface area contributed by atoms with Gasteiger partial charge >= 0.3 is 12.3 Å². The smallest absolute Gasteiger partial charge is 0.324 e. The topological polar surface area (TPSA) is 52.9 Å². The van der Waals surface area contributed by atoms with Crippen LogP contribution in [-0.2, 0) is 4.79 Å². The predicted octanol–water partition coefficient (Wildman–Crippen LogP) is 1.94. The Balaban J connectivity index is 4.21. The molecule has 0 spiro atoms. The third kappa shape index (κ3) is 4.47. The van der Waals surface area contributed by atoms with Crippen LogP contribution in [0.3, 0.4) is 0 Å². The highest BCUT2D eigenvalue weighted by Crippen LogP contribution is 2.21. The Kier molecular flexibility index (Phi) is 5.78. The first kappa shape index (κ1) is 14.7. The minimum absolute atomic E-state index is 0.211. The molecule has 0 aromatic rings. The lowest BCUT2D eigenvalue weighted by molar-refractivity contribution is -0.137. The fourth-order valence-electron chi connectivity index (χ4n) is 0.948. The van der Waals surface area contributed by atoms with Crippen molar-refractivity contribution >= 4 is 5.91 Å². The molecule has 1 amide bonds. The summed E-state index contributed by atoms with van der Waals surface area (Å²) in [4.78, 5) is 11.1. The SMILES string of the molecule is CCCC(C#N)C(=O)NCC(F)(F)C(F)F. The van der Waals surface area contributed by atoms with Gasteiger partial charge in [0.1, 0.15) is 5.92 Å². The van der Waals surface area contributed by atoms with Crippen LogP contribution >= 0.6 is 0 Å². The molecule has 0 bridgehead atoms. The summed E-state index contributed by atoms with van der Waals surface area (Å²) in [5, 5.41) is 10.2. The molecule has 0 rings (SSSR count). The zero-order chi connectivity index (χ0) is 12.8. The zero-order valence-corrected chi connectivity index (χ0v) is 8.64. The molecule has 3 nitrogen and oxygen atoms in total. The van der Waals surface area contributed by atoms with Crippen molar-refractivity contribution in [2.45, 2.75) is 32.1 Å². The molecule has 0 fully saturated rings. The first-order valence-electron chi connectivity index (χ1n) is 4.68. The fraction of sp³-hybridized carbons (Fsp3) is 0.778. The molecule has 1 atom stereocenters. The van der Waals surface area contributed by atoms with E-state index in [1.54, 1.807) is 18.3 Å². The summed E-state index contributed by atoms with van der Waals surface area (Å²) in [7, 11) is 0. The van der Waals surface area contributed by atoms with E-state index in [1.165, 1.54) is 0 Å². The summed E-state index contributed by atoms with van der Waals surface area (Å²) >= 11 is 0. The molecule has 0 aromatic carbocycles. The van der Waals surface area contributed by atoms with Gasteiger partial charge in [0.2, 0.25) is 5.91 Å². The van der Waals surface area contributed by atoms with Gasteiger partial charge in [0, 0.05) is 0 Å². The normalized spacial score (nSPS) is 13.3. The lowest BCUT2D eigenvalue weighted by Gasteiger charge is -2.16. The first-order chi connectivity index (χ1) is 7.35. The minimum atomic E-state index is -4.26. The molecule has 1 unspecified atom stereocenters. The predicted molar refractivity (Wildman–Crippen MR) is 48.0 cm³/mol. The molecule has 0 heterocycles. The number of alkyl halides is 4. The molecule has 7 heteroatoms. The second-order valence-electron chi connectivity index (χ2n) is 3.25. The standard InChI is InChI=1S/C9H12F4N2O/c1-2-3-6(4-14)7(16)15-5-9(12,13)8(10)11/h6,8H,2-3,5H2,1H3,(H,15,16). The van der Waals surface area contributed by atoms with Crippen molar-refractivity contribution in [1.82, 2.24) is 5.32 Å². The van der Waals surface area contributed by atoms with Crippen molar-refractivity contribution in [2.75, 3.05) is 6.54 Å². The zero-order valence-electron chi connectivity index (χ0n) is 8.64. The quantitative estimate of drug-likeness (QED) is 0.721. The molecule has 92 valence electrons. The summed E-state index contributed by atoms with van der Waals surface area (Å²) in [6.07, 6.45) is -3.10. The van der Waals surface area contributed by atoms with Crippen molar-refractivity contribution in [1.29, 1.82) is 5.26 Å². The van der Waals surface area contributed by atoms with E-state index < -0.39 is 30.7 Å². The van der Waals surface area contributed by atoms with E-state index in [0.29, 0.717) is 6.42 Å². The van der Waals surface area contributed by atoms with Crippen LogP contribution < -0.4 is 5.32 Å². The maximum absolute atomic E-state index is 12.4. The molecule has 0 aliphatic rings. The fourth-order valence-corrected chi connectivity index (χ4v) is 0.948. The van der Waals surface area contributed by atoms with Gasteiger partial charge in [-0.1, -0.05) is 13.3 Å². The lowest BCUT2D eigenvalue weighted by atomic mass is 10.0. The number of nitriles is 1. The largest absolute Gasteiger partial charge is 0.349 e. The van der Waals surface area contributed by atoms with Crippen molar-refractivity contribution in [3.63, 3.8) is 0 Å². The Morgan fingerprint density at radius 3 is 2.44 bits per heavy atom. The van der Waals surface area contributed by atoms with Gasteiger partial charge in [0.15, 0.2) is 0 Å². The Morgan fingerprint density at radius 1 is 1.50 bits per heavy atom. The highest BCUT2D eigenvalue weighted by Gasteiger charge is 2.41. The highest BCUT2D eigenvalue weighted by atomic mass is 19.3. The van der Waals surface area contributed by atoms with E-state index >= 15 is 0 Å². The number of nitrogens with zero attached hydrogens (tertiary/aromatic N) is 1. The molecule has 0 saturated heterocycles. The van der Waals surface area contributed by atoms with Gasteiger partial charge in [-0.25, -0.2) is 8.78 Å². The van der Waals surface area contributed by atoms with E-state index in [1.807, 2.05) is 0 Å². The van der Waals surface area contributed by atoms with Gasteiger partial charge in [-0.2, -0.15) is 14.0 Å². The Labute approximate surface area is 90.4 Å². The van der Waals surface area contributed by atoms with Gasteiger partial charge in [-0.15, -0.1) is 0 Å². The third-order valence-electron chi connectivity index (χ3n) is 1.87. The van der Waals surface area contributed by atoms with Crippen LogP contribution in [0.4, 0.5) is 17.6 Å². The first-order valence-corrected chi connectivity index (χ1v) is 4.68. The molecule has 0 aliphatic carbocycles. The Bertz CT molecular complexity index is 275. The number of hydrogen-bond acceptors (Lipinski definition) is 2. The second-order valence-corrected chi connectivity index (χ2v) is 3.25. The summed E-state index contributed by atoms with van der Waals surface area (Å²) in [6, 6.07) is 1.62.